The zero-order valence-corrected chi connectivity index (χ0v) is 8.81. The SMILES string of the molecule is COC(=O)c1ccc(C#N)cc1C(=O)OC. The molecule has 0 saturated carbocycles. The van der Waals surface area contributed by atoms with Gasteiger partial charge in [0.05, 0.1) is 37.0 Å². The first-order valence-corrected chi connectivity index (χ1v) is 4.34. The van der Waals surface area contributed by atoms with Crippen LogP contribution in [0, 0.1) is 11.3 Å². The number of nitriles is 1. The largest absolute Gasteiger partial charge is 0.465 e. The van der Waals surface area contributed by atoms with Crippen LogP contribution in [-0.4, -0.2) is 26.2 Å². The second kappa shape index (κ2) is 4.94. The van der Waals surface area contributed by atoms with Crippen molar-refractivity contribution in [2.75, 3.05) is 14.2 Å². The Morgan fingerprint density at radius 3 is 2.19 bits per heavy atom. The van der Waals surface area contributed by atoms with Crippen LogP contribution < -0.4 is 0 Å². The number of methoxy groups -OCH3 is 2. The summed E-state index contributed by atoms with van der Waals surface area (Å²) in [5, 5.41) is 8.68. The minimum absolute atomic E-state index is 0.0217. The molecule has 1 rings (SSSR count). The maximum absolute atomic E-state index is 11.4. The lowest BCUT2D eigenvalue weighted by Gasteiger charge is -2.05. The van der Waals surface area contributed by atoms with Crippen LogP contribution in [-0.2, 0) is 9.47 Å². The fourth-order valence-corrected chi connectivity index (χ4v) is 1.18. The minimum Gasteiger partial charge on any atom is -0.465 e. The number of ether oxygens (including phenoxy) is 2. The van der Waals surface area contributed by atoms with E-state index in [1.54, 1.807) is 0 Å². The van der Waals surface area contributed by atoms with Gasteiger partial charge in [-0.25, -0.2) is 9.59 Å². The third-order valence-electron chi connectivity index (χ3n) is 1.96. The Labute approximate surface area is 92.2 Å². The van der Waals surface area contributed by atoms with Gasteiger partial charge >= 0.3 is 11.9 Å². The Bertz CT molecular complexity index is 473. The molecule has 0 bridgehead atoms. The zero-order chi connectivity index (χ0) is 12.1. The number of carbonyl (C=O) groups is 2. The fraction of sp³-hybridized carbons (Fsp3) is 0.182. The Hall–Kier alpha value is -2.35. The van der Waals surface area contributed by atoms with Gasteiger partial charge in [-0.1, -0.05) is 0 Å². The number of hydrogen-bond acceptors (Lipinski definition) is 5. The number of esters is 2. The summed E-state index contributed by atoms with van der Waals surface area (Å²) >= 11 is 0. The van der Waals surface area contributed by atoms with Gasteiger partial charge < -0.3 is 9.47 Å². The molecule has 0 aromatic heterocycles. The van der Waals surface area contributed by atoms with Gasteiger partial charge in [0.15, 0.2) is 0 Å². The predicted molar refractivity (Wildman–Crippen MR) is 53.8 cm³/mol. The van der Waals surface area contributed by atoms with E-state index in [1.807, 2.05) is 6.07 Å². The first kappa shape index (κ1) is 11.7. The second-order valence-corrected chi connectivity index (χ2v) is 2.86. The van der Waals surface area contributed by atoms with E-state index in [-0.39, 0.29) is 16.7 Å². The Kier molecular flexibility index (Phi) is 3.62. The highest BCUT2D eigenvalue weighted by Gasteiger charge is 2.18. The molecule has 0 fully saturated rings. The molecule has 0 atom stereocenters. The van der Waals surface area contributed by atoms with E-state index >= 15 is 0 Å². The molecule has 1 aromatic carbocycles. The average molecular weight is 219 g/mol. The predicted octanol–water partition coefficient (Wildman–Crippen LogP) is 1.13. The van der Waals surface area contributed by atoms with Crippen molar-refractivity contribution in [2.45, 2.75) is 0 Å². The number of hydrogen-bond donors (Lipinski definition) is 0. The van der Waals surface area contributed by atoms with Crippen molar-refractivity contribution in [3.63, 3.8) is 0 Å². The van der Waals surface area contributed by atoms with Crippen molar-refractivity contribution in [1.29, 1.82) is 5.26 Å². The summed E-state index contributed by atoms with van der Waals surface area (Å²) < 4.78 is 9.03. The monoisotopic (exact) mass is 219 g/mol. The average Bonchev–Trinajstić information content (AvgIpc) is 2.36. The molecule has 5 heteroatoms. The maximum Gasteiger partial charge on any atom is 0.338 e. The summed E-state index contributed by atoms with van der Waals surface area (Å²) in [5.74, 6) is -1.33. The van der Waals surface area contributed by atoms with Crippen molar-refractivity contribution in [1.82, 2.24) is 0 Å². The molecule has 0 radical (unpaired) electrons. The lowest BCUT2D eigenvalue weighted by Crippen LogP contribution is -2.11. The van der Waals surface area contributed by atoms with Gasteiger partial charge in [0.25, 0.3) is 0 Å². The molecular formula is C11H9NO4. The molecular weight excluding hydrogens is 210 g/mol. The molecule has 16 heavy (non-hydrogen) atoms. The molecule has 0 saturated heterocycles. The van der Waals surface area contributed by atoms with Crippen LogP contribution in [0.25, 0.3) is 0 Å². The Balaban J connectivity index is 3.34. The number of carbonyl (C=O) groups excluding carboxylic acids is 2. The van der Waals surface area contributed by atoms with Crippen LogP contribution in [0.1, 0.15) is 26.3 Å². The summed E-state index contributed by atoms with van der Waals surface area (Å²) in [4.78, 5) is 22.7. The van der Waals surface area contributed by atoms with E-state index in [0.717, 1.165) is 0 Å². The topological polar surface area (TPSA) is 76.4 Å². The molecule has 0 aliphatic rings. The van der Waals surface area contributed by atoms with Crippen molar-refractivity contribution < 1.29 is 19.1 Å². The third kappa shape index (κ3) is 2.17. The molecule has 0 N–H and O–H groups in total. The first-order chi connectivity index (χ1) is 7.63. The molecule has 0 spiro atoms. The van der Waals surface area contributed by atoms with Gasteiger partial charge in [0, 0.05) is 0 Å². The van der Waals surface area contributed by atoms with Gasteiger partial charge in [0.2, 0.25) is 0 Å². The molecule has 5 nitrogen and oxygen atoms in total. The van der Waals surface area contributed by atoms with Gasteiger partial charge in [-0.15, -0.1) is 0 Å². The normalized spacial score (nSPS) is 9.06. The summed E-state index contributed by atoms with van der Waals surface area (Å²) in [5.41, 5.74) is 0.370. The van der Waals surface area contributed by atoms with Crippen LogP contribution in [0.5, 0.6) is 0 Å². The van der Waals surface area contributed by atoms with Gasteiger partial charge in [-0.05, 0) is 18.2 Å². The Morgan fingerprint density at radius 1 is 1.12 bits per heavy atom. The van der Waals surface area contributed by atoms with E-state index in [1.165, 1.54) is 32.4 Å². The highest BCUT2D eigenvalue weighted by molar-refractivity contribution is 6.03. The Morgan fingerprint density at radius 2 is 1.69 bits per heavy atom. The van der Waals surface area contributed by atoms with E-state index in [4.69, 9.17) is 5.26 Å². The first-order valence-electron chi connectivity index (χ1n) is 4.34. The van der Waals surface area contributed by atoms with Crippen LogP contribution in [0.15, 0.2) is 18.2 Å². The van der Waals surface area contributed by atoms with Gasteiger partial charge in [0.1, 0.15) is 0 Å². The zero-order valence-electron chi connectivity index (χ0n) is 8.81. The highest BCUT2D eigenvalue weighted by atomic mass is 16.5. The summed E-state index contributed by atoms with van der Waals surface area (Å²) in [7, 11) is 2.41. The molecule has 0 aliphatic carbocycles. The molecule has 0 unspecified atom stereocenters. The van der Waals surface area contributed by atoms with Crippen molar-refractivity contribution in [2.24, 2.45) is 0 Å². The lowest BCUT2D eigenvalue weighted by atomic mass is 10.0. The summed E-state index contributed by atoms with van der Waals surface area (Å²) in [6, 6.07) is 5.95. The number of nitrogens with zero attached hydrogens (tertiary/aromatic N) is 1. The fourth-order valence-electron chi connectivity index (χ4n) is 1.18. The van der Waals surface area contributed by atoms with Crippen LogP contribution in [0.2, 0.25) is 0 Å². The molecule has 82 valence electrons. The maximum atomic E-state index is 11.4. The molecule has 0 heterocycles. The quantitative estimate of drug-likeness (QED) is 0.697. The standard InChI is InChI=1S/C11H9NO4/c1-15-10(13)8-4-3-7(6-12)5-9(8)11(14)16-2/h3-5H,1-2H3. The highest BCUT2D eigenvalue weighted by Crippen LogP contribution is 2.14. The molecule has 0 aliphatic heterocycles. The minimum atomic E-state index is -0.683. The van der Waals surface area contributed by atoms with Crippen LogP contribution in [0.4, 0.5) is 0 Å². The van der Waals surface area contributed by atoms with E-state index in [9.17, 15) is 9.59 Å². The van der Waals surface area contributed by atoms with Crippen molar-refractivity contribution in [3.05, 3.63) is 34.9 Å². The summed E-state index contributed by atoms with van der Waals surface area (Å²) in [6.45, 7) is 0. The number of rotatable bonds is 2. The van der Waals surface area contributed by atoms with E-state index in [2.05, 4.69) is 9.47 Å². The third-order valence-corrected chi connectivity index (χ3v) is 1.96. The summed E-state index contributed by atoms with van der Waals surface area (Å²) in [6.07, 6.45) is 0. The molecule has 0 amide bonds. The smallest absolute Gasteiger partial charge is 0.338 e. The van der Waals surface area contributed by atoms with E-state index in [0.29, 0.717) is 0 Å². The van der Waals surface area contributed by atoms with Gasteiger partial charge in [-0.3, -0.25) is 0 Å². The van der Waals surface area contributed by atoms with Crippen molar-refractivity contribution >= 4 is 11.9 Å². The lowest BCUT2D eigenvalue weighted by molar-refractivity contribution is 0.0555. The van der Waals surface area contributed by atoms with E-state index < -0.39 is 11.9 Å². The second-order valence-electron chi connectivity index (χ2n) is 2.86. The van der Waals surface area contributed by atoms with Gasteiger partial charge in [-0.2, -0.15) is 5.26 Å². The van der Waals surface area contributed by atoms with Crippen molar-refractivity contribution in [3.8, 4) is 6.07 Å². The van der Waals surface area contributed by atoms with Crippen LogP contribution >= 0.6 is 0 Å². The van der Waals surface area contributed by atoms with Crippen LogP contribution in [0.3, 0.4) is 0 Å². The molecule has 1 aromatic rings. The number of benzene rings is 1.